The van der Waals surface area contributed by atoms with Crippen LogP contribution in [0.5, 0.6) is 0 Å². The highest BCUT2D eigenvalue weighted by Crippen LogP contribution is 2.41. The molecule has 0 radical (unpaired) electrons. The molecule has 0 aliphatic heterocycles. The Labute approximate surface area is 128 Å². The number of rotatable bonds is 4. The summed E-state index contributed by atoms with van der Waals surface area (Å²) in [5, 5.41) is 3.08. The molecule has 0 saturated heterocycles. The minimum atomic E-state index is -0.820. The molecule has 21 heavy (non-hydrogen) atoms. The third-order valence-corrected chi connectivity index (χ3v) is 4.79. The number of amides is 1. The van der Waals surface area contributed by atoms with Gasteiger partial charge in [-0.15, -0.1) is 0 Å². The maximum absolute atomic E-state index is 12.1. The van der Waals surface area contributed by atoms with E-state index in [1.165, 1.54) is 18.4 Å². The molecule has 1 aromatic carbocycles. The second-order valence-corrected chi connectivity index (χ2v) is 7.23. The molecule has 3 heteroatoms. The Hall–Kier alpha value is -1.35. The van der Waals surface area contributed by atoms with Gasteiger partial charge in [-0.25, -0.2) is 0 Å². The summed E-state index contributed by atoms with van der Waals surface area (Å²) in [6.45, 7) is 6.50. The van der Waals surface area contributed by atoms with Crippen LogP contribution in [-0.4, -0.2) is 18.0 Å². The summed E-state index contributed by atoms with van der Waals surface area (Å²) in [7, 11) is 0. The first-order valence-corrected chi connectivity index (χ1v) is 7.96. The Morgan fingerprint density at radius 3 is 2.38 bits per heavy atom. The van der Waals surface area contributed by atoms with Gasteiger partial charge in [-0.1, -0.05) is 37.3 Å². The number of hydrogen-bond donors (Lipinski definition) is 2. The highest BCUT2D eigenvalue weighted by Gasteiger charge is 2.36. The van der Waals surface area contributed by atoms with E-state index in [-0.39, 0.29) is 11.3 Å². The Morgan fingerprint density at radius 1 is 1.29 bits per heavy atom. The van der Waals surface area contributed by atoms with E-state index in [4.69, 9.17) is 5.73 Å². The van der Waals surface area contributed by atoms with Crippen LogP contribution in [0, 0.1) is 5.92 Å². The molecule has 0 heterocycles. The molecule has 2 rings (SSSR count). The molecule has 0 bridgehead atoms. The molecule has 1 aliphatic rings. The van der Waals surface area contributed by atoms with Gasteiger partial charge in [0.25, 0.3) is 0 Å². The number of nitrogens with one attached hydrogen (secondary N) is 1. The van der Waals surface area contributed by atoms with E-state index in [0.29, 0.717) is 6.54 Å². The van der Waals surface area contributed by atoms with Gasteiger partial charge < -0.3 is 11.1 Å². The number of hydrogen-bond acceptors (Lipinski definition) is 2. The lowest BCUT2D eigenvalue weighted by Crippen LogP contribution is -2.53. The fourth-order valence-corrected chi connectivity index (χ4v) is 3.15. The van der Waals surface area contributed by atoms with Gasteiger partial charge in [-0.05, 0) is 51.0 Å². The number of nitrogens with two attached hydrogens (primary N) is 1. The Morgan fingerprint density at radius 2 is 1.86 bits per heavy atom. The van der Waals surface area contributed by atoms with Crippen molar-refractivity contribution in [2.24, 2.45) is 11.7 Å². The molecule has 1 fully saturated rings. The van der Waals surface area contributed by atoms with Gasteiger partial charge in [0.15, 0.2) is 0 Å². The molecule has 3 nitrogen and oxygen atoms in total. The minimum absolute atomic E-state index is 0.0642. The first-order valence-electron chi connectivity index (χ1n) is 7.96. The van der Waals surface area contributed by atoms with Crippen LogP contribution in [0.3, 0.4) is 0 Å². The van der Waals surface area contributed by atoms with Crippen LogP contribution in [0.25, 0.3) is 0 Å². The lowest BCUT2D eigenvalue weighted by molar-refractivity contribution is -0.125. The van der Waals surface area contributed by atoms with Crippen molar-refractivity contribution < 1.29 is 4.79 Å². The Balaban J connectivity index is 2.16. The normalized spacial score (nSPS) is 26.4. The lowest BCUT2D eigenvalue weighted by Gasteiger charge is -2.40. The molecule has 116 valence electrons. The van der Waals surface area contributed by atoms with Gasteiger partial charge in [0.2, 0.25) is 5.91 Å². The van der Waals surface area contributed by atoms with Crippen LogP contribution in [0.2, 0.25) is 0 Å². The molecule has 0 aromatic heterocycles. The molecule has 0 unspecified atom stereocenters. The molecular formula is C18H28N2O. The van der Waals surface area contributed by atoms with E-state index in [1.807, 2.05) is 6.07 Å². The molecule has 1 aromatic rings. The SMILES string of the molecule is CC1CCC(CNC(=O)C(C)(C)N)(c2ccccc2)CC1. The lowest BCUT2D eigenvalue weighted by atomic mass is 9.67. The van der Waals surface area contributed by atoms with Crippen molar-refractivity contribution in [2.45, 2.75) is 57.4 Å². The molecule has 1 saturated carbocycles. The van der Waals surface area contributed by atoms with Gasteiger partial charge in [-0.2, -0.15) is 0 Å². The summed E-state index contributed by atoms with van der Waals surface area (Å²) < 4.78 is 0. The number of carbonyl (C=O) groups excluding carboxylic acids is 1. The number of benzene rings is 1. The van der Waals surface area contributed by atoms with E-state index in [1.54, 1.807) is 13.8 Å². The minimum Gasteiger partial charge on any atom is -0.354 e. The third kappa shape index (κ3) is 3.85. The van der Waals surface area contributed by atoms with Crippen molar-refractivity contribution >= 4 is 5.91 Å². The standard InChI is InChI=1S/C18H28N2O/c1-14-9-11-18(12-10-14,15-7-5-4-6-8-15)13-20-16(21)17(2,3)19/h4-8,14H,9-13,19H2,1-3H3,(H,20,21). The van der Waals surface area contributed by atoms with E-state index in [0.717, 1.165) is 18.8 Å². The second-order valence-electron chi connectivity index (χ2n) is 7.23. The van der Waals surface area contributed by atoms with Gasteiger partial charge >= 0.3 is 0 Å². The summed E-state index contributed by atoms with van der Waals surface area (Å²) in [6, 6.07) is 10.6. The zero-order chi connectivity index (χ0) is 15.5. The van der Waals surface area contributed by atoms with Crippen molar-refractivity contribution in [2.75, 3.05) is 6.54 Å². The maximum atomic E-state index is 12.1. The zero-order valence-corrected chi connectivity index (χ0v) is 13.5. The van der Waals surface area contributed by atoms with Crippen LogP contribution >= 0.6 is 0 Å². The fraction of sp³-hybridized carbons (Fsp3) is 0.611. The summed E-state index contributed by atoms with van der Waals surface area (Å²) >= 11 is 0. The smallest absolute Gasteiger partial charge is 0.239 e. The van der Waals surface area contributed by atoms with Gasteiger partial charge in [0.1, 0.15) is 0 Å². The van der Waals surface area contributed by atoms with Gasteiger partial charge in [0.05, 0.1) is 5.54 Å². The molecule has 1 amide bonds. The average molecular weight is 288 g/mol. The quantitative estimate of drug-likeness (QED) is 0.895. The van der Waals surface area contributed by atoms with E-state index in [9.17, 15) is 4.79 Å². The maximum Gasteiger partial charge on any atom is 0.239 e. The molecule has 0 atom stereocenters. The van der Waals surface area contributed by atoms with Crippen LogP contribution in [-0.2, 0) is 10.2 Å². The highest BCUT2D eigenvalue weighted by atomic mass is 16.2. The highest BCUT2D eigenvalue weighted by molar-refractivity contribution is 5.85. The predicted molar refractivity (Wildman–Crippen MR) is 87.0 cm³/mol. The summed E-state index contributed by atoms with van der Waals surface area (Å²) in [6.07, 6.45) is 4.69. The van der Waals surface area contributed by atoms with Crippen LogP contribution in [0.1, 0.15) is 52.0 Å². The Bertz CT molecular complexity index is 468. The van der Waals surface area contributed by atoms with E-state index in [2.05, 4.69) is 36.5 Å². The topological polar surface area (TPSA) is 55.1 Å². The van der Waals surface area contributed by atoms with Gasteiger partial charge in [-0.3, -0.25) is 4.79 Å². The van der Waals surface area contributed by atoms with Gasteiger partial charge in [0, 0.05) is 12.0 Å². The van der Waals surface area contributed by atoms with E-state index < -0.39 is 5.54 Å². The van der Waals surface area contributed by atoms with Crippen molar-refractivity contribution in [1.82, 2.24) is 5.32 Å². The first-order chi connectivity index (χ1) is 9.83. The van der Waals surface area contributed by atoms with Crippen molar-refractivity contribution in [3.63, 3.8) is 0 Å². The monoisotopic (exact) mass is 288 g/mol. The molecular weight excluding hydrogens is 260 g/mol. The first kappa shape index (κ1) is 16.0. The van der Waals surface area contributed by atoms with Crippen molar-refractivity contribution in [3.8, 4) is 0 Å². The van der Waals surface area contributed by atoms with Crippen LogP contribution in [0.15, 0.2) is 30.3 Å². The second kappa shape index (κ2) is 6.18. The van der Waals surface area contributed by atoms with Crippen LogP contribution < -0.4 is 11.1 Å². The molecule has 1 aliphatic carbocycles. The average Bonchev–Trinajstić information content (AvgIpc) is 2.47. The third-order valence-electron chi connectivity index (χ3n) is 4.79. The number of carbonyl (C=O) groups is 1. The Kier molecular flexibility index (Phi) is 4.72. The molecule has 3 N–H and O–H groups in total. The summed E-state index contributed by atoms with van der Waals surface area (Å²) in [4.78, 5) is 12.1. The fourth-order valence-electron chi connectivity index (χ4n) is 3.15. The molecule has 0 spiro atoms. The summed E-state index contributed by atoms with van der Waals surface area (Å²) in [5.74, 6) is 0.708. The largest absolute Gasteiger partial charge is 0.354 e. The van der Waals surface area contributed by atoms with Crippen LogP contribution in [0.4, 0.5) is 0 Å². The van der Waals surface area contributed by atoms with Crippen molar-refractivity contribution in [1.29, 1.82) is 0 Å². The predicted octanol–water partition coefficient (Wildman–Crippen LogP) is 2.99. The zero-order valence-electron chi connectivity index (χ0n) is 13.5. The van der Waals surface area contributed by atoms with E-state index >= 15 is 0 Å². The summed E-state index contributed by atoms with van der Waals surface area (Å²) in [5.41, 5.74) is 6.47. The van der Waals surface area contributed by atoms with Crippen molar-refractivity contribution in [3.05, 3.63) is 35.9 Å².